The average Bonchev–Trinajstić information content (AvgIpc) is 3.13. The minimum atomic E-state index is -0.200. The Balaban J connectivity index is 4.75. The van der Waals surface area contributed by atoms with Crippen LogP contribution in [0.25, 0.3) is 0 Å². The molecular weight excluding hydrogens is 676 g/mol. The van der Waals surface area contributed by atoms with E-state index in [4.69, 9.17) is 17.2 Å². The zero-order valence-corrected chi connectivity index (χ0v) is 31.4. The third-order valence-electron chi connectivity index (χ3n) is 7.82. The second kappa shape index (κ2) is 33.4. The first-order valence-corrected chi connectivity index (χ1v) is 18.6. The Morgan fingerprint density at radius 2 is 0.654 bits per heavy atom. The Hall–Kier alpha value is -3.46. The second-order valence-corrected chi connectivity index (χ2v) is 12.2. The van der Waals surface area contributed by atoms with E-state index in [0.29, 0.717) is 118 Å². The Labute approximate surface area is 309 Å². The van der Waals surface area contributed by atoms with Gasteiger partial charge in [-0.05, 0) is 6.42 Å². The lowest BCUT2D eigenvalue weighted by Crippen LogP contribution is -2.41. The van der Waals surface area contributed by atoms with Gasteiger partial charge in [0.25, 0.3) is 0 Å². The summed E-state index contributed by atoms with van der Waals surface area (Å²) in [5.74, 6) is -0.875. The molecule has 0 atom stereocenters. The van der Waals surface area contributed by atoms with Crippen molar-refractivity contribution in [3.8, 4) is 0 Å². The number of amides is 6. The Kier molecular flexibility index (Phi) is 31.2. The molecule has 6 amide bonds. The number of aliphatic hydroxyl groups excluding tert-OH is 1. The molecule has 0 aliphatic rings. The largest absolute Gasteiger partial charge is 0.395 e. The van der Waals surface area contributed by atoms with Gasteiger partial charge in [-0.25, -0.2) is 0 Å². The molecular formula is C33H68N12O7. The zero-order valence-electron chi connectivity index (χ0n) is 31.4. The minimum absolute atomic E-state index is 0.0663. The molecule has 13 N–H and O–H groups in total. The third kappa shape index (κ3) is 29.2. The zero-order chi connectivity index (χ0) is 38.8. The van der Waals surface area contributed by atoms with E-state index in [1.807, 2.05) is 21.6 Å². The summed E-state index contributed by atoms with van der Waals surface area (Å²) in [6.07, 6.45) is 2.14. The number of nitrogens with one attached hydrogen (secondary N) is 6. The van der Waals surface area contributed by atoms with Crippen LogP contribution in [0.2, 0.25) is 0 Å². The fourth-order valence-electron chi connectivity index (χ4n) is 4.84. The molecule has 0 aliphatic heterocycles. The molecule has 0 rings (SSSR count). The van der Waals surface area contributed by atoms with Crippen LogP contribution >= 0.6 is 0 Å². The quantitative estimate of drug-likeness (QED) is 0.0297. The van der Waals surface area contributed by atoms with Gasteiger partial charge in [0.05, 0.1) is 6.61 Å². The highest BCUT2D eigenvalue weighted by molar-refractivity contribution is 5.78. The van der Waals surface area contributed by atoms with Gasteiger partial charge in [-0.15, -0.1) is 0 Å². The predicted octanol–water partition coefficient (Wildman–Crippen LogP) is -4.79. The lowest BCUT2D eigenvalue weighted by molar-refractivity contribution is -0.123. The van der Waals surface area contributed by atoms with E-state index in [2.05, 4.69) is 31.9 Å². The molecule has 19 nitrogen and oxygen atoms in total. The van der Waals surface area contributed by atoms with Crippen LogP contribution in [0.5, 0.6) is 0 Å². The molecule has 0 radical (unpaired) electrons. The standard InChI is InChI=1S/C33H68N12O7/c1-2-12-37-28(47)3-18-43(19-4-29(48)38-13-9-34)24-16-41-32(51)7-22-45(26-27-46)23-8-33(52)42-17-25-44(20-5-30(49)39-14-10-35)21-6-31(50)40-15-11-36/h46H,2-27,34-36H2,1H3,(H,37,47)(H,38,48)(H,39,49)(H,40,50)(H,41,51)(H,42,52). The van der Waals surface area contributed by atoms with Crippen LogP contribution in [-0.4, -0.2) is 180 Å². The average molecular weight is 745 g/mol. The molecule has 302 valence electrons. The fraction of sp³-hybridized carbons (Fsp3) is 0.818. The minimum Gasteiger partial charge on any atom is -0.395 e. The van der Waals surface area contributed by atoms with E-state index in [9.17, 15) is 33.9 Å². The highest BCUT2D eigenvalue weighted by Gasteiger charge is 2.15. The van der Waals surface area contributed by atoms with Gasteiger partial charge in [-0.2, -0.15) is 0 Å². The fourth-order valence-corrected chi connectivity index (χ4v) is 4.84. The molecule has 0 unspecified atom stereocenters. The summed E-state index contributed by atoms with van der Waals surface area (Å²) in [5.41, 5.74) is 16.3. The van der Waals surface area contributed by atoms with Gasteiger partial charge < -0.3 is 68.9 Å². The molecule has 0 aromatic carbocycles. The summed E-state index contributed by atoms with van der Waals surface area (Å²) in [6, 6.07) is 0. The summed E-state index contributed by atoms with van der Waals surface area (Å²) in [7, 11) is 0. The van der Waals surface area contributed by atoms with Gasteiger partial charge >= 0.3 is 0 Å². The second-order valence-electron chi connectivity index (χ2n) is 12.2. The van der Waals surface area contributed by atoms with Crippen LogP contribution in [0.15, 0.2) is 0 Å². The van der Waals surface area contributed by atoms with Crippen molar-refractivity contribution in [1.29, 1.82) is 0 Å². The lowest BCUT2D eigenvalue weighted by Gasteiger charge is -2.23. The molecule has 0 heterocycles. The topological polar surface area (TPSA) is 283 Å². The van der Waals surface area contributed by atoms with E-state index in [1.54, 1.807) is 0 Å². The van der Waals surface area contributed by atoms with Gasteiger partial charge in [-0.3, -0.25) is 28.8 Å². The van der Waals surface area contributed by atoms with Crippen molar-refractivity contribution >= 4 is 35.4 Å². The van der Waals surface area contributed by atoms with E-state index in [-0.39, 0.29) is 80.6 Å². The first-order valence-electron chi connectivity index (χ1n) is 18.6. The number of rotatable bonds is 34. The first-order chi connectivity index (χ1) is 25.1. The lowest BCUT2D eigenvalue weighted by atomic mass is 10.3. The SMILES string of the molecule is CCCNC(=O)CCN(CCNC(=O)CCN(CCO)CCC(=O)NCCN(CCC(=O)NCCN)CCC(=O)NCCN)CCC(=O)NCCN. The smallest absolute Gasteiger partial charge is 0.221 e. The summed E-state index contributed by atoms with van der Waals surface area (Å²) >= 11 is 0. The molecule has 19 heteroatoms. The van der Waals surface area contributed by atoms with Crippen molar-refractivity contribution in [2.75, 3.05) is 124 Å². The van der Waals surface area contributed by atoms with Gasteiger partial charge in [-0.1, -0.05) is 6.92 Å². The van der Waals surface area contributed by atoms with Crippen molar-refractivity contribution < 1.29 is 33.9 Å². The molecule has 52 heavy (non-hydrogen) atoms. The van der Waals surface area contributed by atoms with Crippen molar-refractivity contribution in [3.05, 3.63) is 0 Å². The van der Waals surface area contributed by atoms with Gasteiger partial charge in [0.2, 0.25) is 35.4 Å². The maximum Gasteiger partial charge on any atom is 0.221 e. The number of nitrogens with two attached hydrogens (primary N) is 3. The Bertz CT molecular complexity index is 886. The highest BCUT2D eigenvalue weighted by atomic mass is 16.3. The van der Waals surface area contributed by atoms with E-state index >= 15 is 0 Å². The van der Waals surface area contributed by atoms with Gasteiger partial charge in [0.1, 0.15) is 0 Å². The van der Waals surface area contributed by atoms with Crippen LogP contribution in [0.1, 0.15) is 51.9 Å². The third-order valence-corrected chi connectivity index (χ3v) is 7.82. The van der Waals surface area contributed by atoms with Crippen molar-refractivity contribution in [1.82, 2.24) is 46.6 Å². The van der Waals surface area contributed by atoms with E-state index in [0.717, 1.165) is 6.42 Å². The number of hydrogen-bond acceptors (Lipinski definition) is 13. The summed E-state index contributed by atoms with van der Waals surface area (Å²) < 4.78 is 0. The van der Waals surface area contributed by atoms with Crippen molar-refractivity contribution in [2.24, 2.45) is 17.2 Å². The van der Waals surface area contributed by atoms with Crippen LogP contribution in [-0.2, 0) is 28.8 Å². The van der Waals surface area contributed by atoms with Crippen LogP contribution in [0.4, 0.5) is 0 Å². The number of nitrogens with zero attached hydrogens (tertiary/aromatic N) is 3. The van der Waals surface area contributed by atoms with Crippen molar-refractivity contribution in [3.63, 3.8) is 0 Å². The molecule has 0 saturated carbocycles. The molecule has 0 saturated heterocycles. The van der Waals surface area contributed by atoms with E-state index in [1.165, 1.54) is 0 Å². The Morgan fingerprint density at radius 3 is 0.904 bits per heavy atom. The molecule has 0 aromatic heterocycles. The molecule has 0 fully saturated rings. The molecule has 0 bridgehead atoms. The number of aliphatic hydroxyl groups is 1. The highest BCUT2D eigenvalue weighted by Crippen LogP contribution is 1.99. The maximum absolute atomic E-state index is 12.6. The number of carbonyl (C=O) groups excluding carboxylic acids is 6. The number of carbonyl (C=O) groups is 6. The summed E-state index contributed by atoms with van der Waals surface area (Å²) in [4.78, 5) is 79.3. The number of hydrogen-bond donors (Lipinski definition) is 10. The van der Waals surface area contributed by atoms with E-state index < -0.39 is 0 Å². The van der Waals surface area contributed by atoms with Crippen molar-refractivity contribution in [2.45, 2.75) is 51.9 Å². The van der Waals surface area contributed by atoms with Gasteiger partial charge in [0, 0.05) is 156 Å². The molecule has 0 aromatic rings. The summed E-state index contributed by atoms with van der Waals surface area (Å²) in [6.45, 7) is 8.83. The molecule has 0 aliphatic carbocycles. The van der Waals surface area contributed by atoms with Crippen LogP contribution < -0.4 is 49.1 Å². The van der Waals surface area contributed by atoms with Gasteiger partial charge in [0.15, 0.2) is 0 Å². The monoisotopic (exact) mass is 745 g/mol. The van der Waals surface area contributed by atoms with Crippen LogP contribution in [0.3, 0.4) is 0 Å². The first kappa shape index (κ1) is 48.5. The Morgan fingerprint density at radius 1 is 0.404 bits per heavy atom. The maximum atomic E-state index is 12.6. The molecule has 0 spiro atoms. The van der Waals surface area contributed by atoms with Crippen LogP contribution in [0, 0.1) is 0 Å². The predicted molar refractivity (Wildman–Crippen MR) is 200 cm³/mol. The normalized spacial score (nSPS) is 11.1. The summed E-state index contributed by atoms with van der Waals surface area (Å²) in [5, 5.41) is 26.3.